The monoisotopic (exact) mass is 957 g/mol. The van der Waals surface area contributed by atoms with E-state index in [4.69, 9.17) is 14.2 Å². The van der Waals surface area contributed by atoms with Gasteiger partial charge in [0.25, 0.3) is 0 Å². The van der Waals surface area contributed by atoms with E-state index in [0.717, 1.165) is 70.6 Å². The first kappa shape index (κ1) is 65.9. The highest BCUT2D eigenvalue weighted by molar-refractivity contribution is 5.71. The van der Waals surface area contributed by atoms with Crippen molar-refractivity contribution in [2.24, 2.45) is 0 Å². The van der Waals surface area contributed by atoms with Crippen LogP contribution in [0.1, 0.15) is 335 Å². The van der Waals surface area contributed by atoms with Gasteiger partial charge in [-0.3, -0.25) is 14.4 Å². The van der Waals surface area contributed by atoms with Gasteiger partial charge in [0.05, 0.1) is 0 Å². The molecule has 0 saturated carbocycles. The Morgan fingerprint density at radius 3 is 0.735 bits per heavy atom. The summed E-state index contributed by atoms with van der Waals surface area (Å²) < 4.78 is 16.9. The maximum Gasteiger partial charge on any atom is 0.306 e. The van der Waals surface area contributed by atoms with E-state index < -0.39 is 6.10 Å². The number of carbonyl (C=O) groups is 3. The van der Waals surface area contributed by atoms with E-state index in [9.17, 15) is 14.4 Å². The highest BCUT2D eigenvalue weighted by Gasteiger charge is 2.19. The molecule has 400 valence electrons. The summed E-state index contributed by atoms with van der Waals surface area (Å²) in [5.74, 6) is -0.868. The van der Waals surface area contributed by atoms with Crippen LogP contribution in [0.2, 0.25) is 0 Å². The second-order valence-corrected chi connectivity index (χ2v) is 20.6. The minimum atomic E-state index is -0.775. The normalized spacial score (nSPS) is 12.1. The molecule has 0 saturated heterocycles. The fourth-order valence-electron chi connectivity index (χ4n) is 9.08. The van der Waals surface area contributed by atoms with Crippen molar-refractivity contribution in [3.05, 3.63) is 24.3 Å². The first-order valence-corrected chi connectivity index (χ1v) is 30.3. The molecule has 0 spiro atoms. The number of hydrogen-bond acceptors (Lipinski definition) is 6. The predicted molar refractivity (Wildman–Crippen MR) is 293 cm³/mol. The minimum absolute atomic E-state index is 0.0726. The zero-order valence-corrected chi connectivity index (χ0v) is 45.9. The summed E-state index contributed by atoms with van der Waals surface area (Å²) in [5.41, 5.74) is 0. The Kier molecular flexibility index (Phi) is 55.7. The first-order valence-electron chi connectivity index (χ1n) is 30.3. The van der Waals surface area contributed by atoms with Crippen LogP contribution in [0.4, 0.5) is 0 Å². The fraction of sp³-hybridized carbons (Fsp3) is 0.887. The number of rotatable bonds is 56. The van der Waals surface area contributed by atoms with Crippen molar-refractivity contribution in [1.29, 1.82) is 0 Å². The molecule has 68 heavy (non-hydrogen) atoms. The van der Waals surface area contributed by atoms with Crippen LogP contribution in [0.3, 0.4) is 0 Å². The van der Waals surface area contributed by atoms with Gasteiger partial charge in [-0.1, -0.05) is 270 Å². The molecule has 6 nitrogen and oxygen atoms in total. The highest BCUT2D eigenvalue weighted by Crippen LogP contribution is 2.17. The lowest BCUT2D eigenvalue weighted by atomic mass is 10.0. The molecule has 0 aliphatic rings. The van der Waals surface area contributed by atoms with Crippen LogP contribution in [0.25, 0.3) is 0 Å². The third kappa shape index (κ3) is 54.8. The van der Waals surface area contributed by atoms with E-state index in [1.807, 2.05) is 0 Å². The van der Waals surface area contributed by atoms with Crippen LogP contribution in [0.15, 0.2) is 24.3 Å². The smallest absolute Gasteiger partial charge is 0.306 e. The Hall–Kier alpha value is -2.11. The Morgan fingerprint density at radius 2 is 0.485 bits per heavy atom. The van der Waals surface area contributed by atoms with Gasteiger partial charge < -0.3 is 14.2 Å². The predicted octanol–water partition coefficient (Wildman–Crippen LogP) is 20.3. The van der Waals surface area contributed by atoms with Crippen molar-refractivity contribution in [3.8, 4) is 0 Å². The second kappa shape index (κ2) is 57.5. The zero-order valence-electron chi connectivity index (χ0n) is 45.9. The lowest BCUT2D eigenvalue weighted by Gasteiger charge is -2.18. The molecule has 0 aliphatic heterocycles. The molecule has 1 atom stereocenters. The molecule has 0 aliphatic carbocycles. The number of esters is 3. The maximum absolute atomic E-state index is 12.9. The van der Waals surface area contributed by atoms with Gasteiger partial charge >= 0.3 is 17.9 Å². The molecule has 6 heteroatoms. The molecule has 0 heterocycles. The summed E-state index contributed by atoms with van der Waals surface area (Å²) >= 11 is 0. The quantitative estimate of drug-likeness (QED) is 0.0262. The van der Waals surface area contributed by atoms with Gasteiger partial charge in [0, 0.05) is 19.3 Å². The topological polar surface area (TPSA) is 78.9 Å². The minimum Gasteiger partial charge on any atom is -0.462 e. The van der Waals surface area contributed by atoms with E-state index >= 15 is 0 Å². The van der Waals surface area contributed by atoms with Gasteiger partial charge in [0.15, 0.2) is 6.10 Å². The molecular weight excluding hydrogens is 841 g/mol. The molecule has 0 rings (SSSR count). The molecular formula is C62H116O6. The van der Waals surface area contributed by atoms with Crippen molar-refractivity contribution in [1.82, 2.24) is 0 Å². The van der Waals surface area contributed by atoms with Crippen LogP contribution in [0, 0.1) is 0 Å². The molecule has 1 unspecified atom stereocenters. The molecule has 0 fully saturated rings. The van der Waals surface area contributed by atoms with Crippen LogP contribution >= 0.6 is 0 Å². The van der Waals surface area contributed by atoms with Crippen molar-refractivity contribution in [2.45, 2.75) is 341 Å². The van der Waals surface area contributed by atoms with Gasteiger partial charge in [-0.05, 0) is 70.6 Å². The van der Waals surface area contributed by atoms with Crippen LogP contribution in [-0.4, -0.2) is 37.2 Å². The van der Waals surface area contributed by atoms with E-state index in [1.165, 1.54) is 225 Å². The average Bonchev–Trinajstić information content (AvgIpc) is 3.34. The number of ether oxygens (including phenoxy) is 3. The molecule has 0 amide bonds. The lowest BCUT2D eigenvalue weighted by Crippen LogP contribution is -2.30. The molecule has 0 bridgehead atoms. The molecule has 0 aromatic rings. The summed E-state index contributed by atoms with van der Waals surface area (Å²) in [4.78, 5) is 38.2. The van der Waals surface area contributed by atoms with Crippen LogP contribution < -0.4 is 0 Å². The molecule has 0 aromatic carbocycles. The lowest BCUT2D eigenvalue weighted by molar-refractivity contribution is -0.167. The molecule has 0 aromatic heterocycles. The Morgan fingerprint density at radius 1 is 0.279 bits per heavy atom. The van der Waals surface area contributed by atoms with Crippen molar-refractivity contribution in [3.63, 3.8) is 0 Å². The number of hydrogen-bond donors (Lipinski definition) is 0. The SMILES string of the molecule is CCCCCCC/C=C\CCCCCCCC(=O)OCC(COC(=O)CCCCCCCCCCCCCCCCCCCCCC)OC(=O)CCCCCCC/C=C\CCCCCCCCC. The van der Waals surface area contributed by atoms with Gasteiger partial charge in [-0.2, -0.15) is 0 Å². The second-order valence-electron chi connectivity index (χ2n) is 20.6. The van der Waals surface area contributed by atoms with Gasteiger partial charge in [0.1, 0.15) is 13.2 Å². The van der Waals surface area contributed by atoms with Crippen LogP contribution in [0.5, 0.6) is 0 Å². The summed E-state index contributed by atoms with van der Waals surface area (Å²) in [6, 6.07) is 0. The van der Waals surface area contributed by atoms with Gasteiger partial charge in [0.2, 0.25) is 0 Å². The Labute approximate surface area is 423 Å². The number of unbranched alkanes of at least 4 members (excludes halogenated alkanes) is 41. The summed E-state index contributed by atoms with van der Waals surface area (Å²) in [6.45, 7) is 6.67. The average molecular weight is 958 g/mol. The highest BCUT2D eigenvalue weighted by atomic mass is 16.6. The largest absolute Gasteiger partial charge is 0.462 e. The van der Waals surface area contributed by atoms with Gasteiger partial charge in [-0.25, -0.2) is 0 Å². The Bertz CT molecular complexity index is 1100. The standard InChI is InChI=1S/C62H116O6/c1-4-7-10-13-16-19-22-25-28-30-31-32-33-35-37-40-43-46-49-52-55-61(64)67-58-59(57-66-60(63)54-51-48-45-42-39-36-27-24-21-18-15-12-9-6-3)68-62(65)56-53-50-47-44-41-38-34-29-26-23-20-17-14-11-8-5-2/h24,27,29,34,59H,4-23,25-26,28,30-33,35-58H2,1-3H3/b27-24-,34-29-. The summed E-state index contributed by atoms with van der Waals surface area (Å²) in [7, 11) is 0. The summed E-state index contributed by atoms with van der Waals surface area (Å²) in [6.07, 6.45) is 67.4. The third-order valence-electron chi connectivity index (χ3n) is 13.7. The molecule has 0 N–H and O–H groups in total. The van der Waals surface area contributed by atoms with Gasteiger partial charge in [-0.15, -0.1) is 0 Å². The third-order valence-corrected chi connectivity index (χ3v) is 13.7. The van der Waals surface area contributed by atoms with E-state index in [1.54, 1.807) is 0 Å². The van der Waals surface area contributed by atoms with E-state index in [0.29, 0.717) is 19.3 Å². The van der Waals surface area contributed by atoms with Crippen molar-refractivity contribution < 1.29 is 28.6 Å². The maximum atomic E-state index is 12.9. The van der Waals surface area contributed by atoms with Crippen LogP contribution in [-0.2, 0) is 28.6 Å². The van der Waals surface area contributed by atoms with E-state index in [-0.39, 0.29) is 31.1 Å². The van der Waals surface area contributed by atoms with Crippen molar-refractivity contribution in [2.75, 3.05) is 13.2 Å². The number of carbonyl (C=O) groups excluding carboxylic acids is 3. The summed E-state index contributed by atoms with van der Waals surface area (Å²) in [5, 5.41) is 0. The zero-order chi connectivity index (χ0) is 49.3. The molecule has 0 radical (unpaired) electrons. The fourth-order valence-corrected chi connectivity index (χ4v) is 9.08. The van der Waals surface area contributed by atoms with Crippen molar-refractivity contribution >= 4 is 17.9 Å². The number of allylic oxidation sites excluding steroid dienone is 4. The first-order chi connectivity index (χ1) is 33.5. The van der Waals surface area contributed by atoms with E-state index in [2.05, 4.69) is 45.1 Å². The Balaban J connectivity index is 4.31.